The van der Waals surface area contributed by atoms with E-state index in [0.717, 1.165) is 38.4 Å². The number of benzene rings is 2. The Morgan fingerprint density at radius 1 is 0.520 bits per heavy atom. The lowest BCUT2D eigenvalue weighted by Crippen LogP contribution is -1.87. The van der Waals surface area contributed by atoms with Gasteiger partial charge in [0.05, 0.1) is 0 Å². The van der Waals surface area contributed by atoms with Gasteiger partial charge in [-0.1, -0.05) is 35.9 Å². The minimum atomic E-state index is 0.736. The molecule has 2 aromatic heterocycles. The van der Waals surface area contributed by atoms with E-state index < -0.39 is 0 Å². The van der Waals surface area contributed by atoms with Crippen LogP contribution in [0.1, 0.15) is 0 Å². The van der Waals surface area contributed by atoms with E-state index >= 15 is 0 Å². The van der Waals surface area contributed by atoms with E-state index in [9.17, 15) is 0 Å². The molecule has 0 amide bonds. The van der Waals surface area contributed by atoms with Crippen molar-refractivity contribution in [3.05, 3.63) is 96.5 Å². The highest BCUT2D eigenvalue weighted by atomic mass is 35.5. The van der Waals surface area contributed by atoms with Crippen molar-refractivity contribution < 1.29 is 0 Å². The lowest BCUT2D eigenvalue weighted by Gasteiger charge is -2.11. The molecule has 2 nitrogen and oxygen atoms in total. The van der Waals surface area contributed by atoms with Crippen molar-refractivity contribution in [2.75, 3.05) is 0 Å². The van der Waals surface area contributed by atoms with Crippen molar-refractivity contribution in [3.8, 4) is 33.4 Å². The fourth-order valence-corrected chi connectivity index (χ4v) is 2.96. The first-order valence-electron chi connectivity index (χ1n) is 8.01. The van der Waals surface area contributed by atoms with Crippen LogP contribution in [0.2, 0.25) is 5.02 Å². The molecular weight excluding hydrogens is 328 g/mol. The lowest BCUT2D eigenvalue weighted by molar-refractivity contribution is 1.32. The Hall–Kier alpha value is -2.97. The monoisotopic (exact) mass is 342 g/mol. The van der Waals surface area contributed by atoms with Gasteiger partial charge in [-0.05, 0) is 64.7 Å². The number of halogens is 1. The van der Waals surface area contributed by atoms with Crippen molar-refractivity contribution in [2.45, 2.75) is 0 Å². The molecule has 0 saturated heterocycles. The summed E-state index contributed by atoms with van der Waals surface area (Å²) in [5.74, 6) is 0. The van der Waals surface area contributed by atoms with Crippen LogP contribution in [0.5, 0.6) is 0 Å². The van der Waals surface area contributed by atoms with Gasteiger partial charge < -0.3 is 0 Å². The molecule has 120 valence electrons. The summed E-state index contributed by atoms with van der Waals surface area (Å²) in [5, 5.41) is 0.736. The molecule has 25 heavy (non-hydrogen) atoms. The zero-order chi connectivity index (χ0) is 17.1. The Morgan fingerprint density at radius 3 is 1.44 bits per heavy atom. The molecule has 4 aromatic rings. The van der Waals surface area contributed by atoms with Crippen molar-refractivity contribution >= 4 is 11.6 Å². The third-order valence-corrected chi connectivity index (χ3v) is 4.35. The molecule has 0 aliphatic heterocycles. The molecule has 2 aromatic carbocycles. The Kier molecular flexibility index (Phi) is 4.28. The first kappa shape index (κ1) is 15.6. The summed E-state index contributed by atoms with van der Waals surface area (Å²) in [6.45, 7) is 0. The fourth-order valence-electron chi connectivity index (χ4n) is 2.84. The minimum Gasteiger partial charge on any atom is -0.264 e. The number of pyridine rings is 2. The Labute approximate surface area is 151 Å². The summed E-state index contributed by atoms with van der Waals surface area (Å²) in [4.78, 5) is 8.50. The smallest absolute Gasteiger partial charge is 0.0406 e. The first-order valence-corrected chi connectivity index (χ1v) is 8.39. The highest BCUT2D eigenvalue weighted by Crippen LogP contribution is 2.32. The summed E-state index contributed by atoms with van der Waals surface area (Å²) in [6, 6.07) is 22.5. The molecule has 0 atom stereocenters. The van der Waals surface area contributed by atoms with Gasteiger partial charge >= 0.3 is 0 Å². The number of hydrogen-bond acceptors (Lipinski definition) is 2. The van der Waals surface area contributed by atoms with Crippen molar-refractivity contribution in [1.29, 1.82) is 0 Å². The van der Waals surface area contributed by atoms with Crippen LogP contribution in [0, 0.1) is 0 Å². The second kappa shape index (κ2) is 6.88. The van der Waals surface area contributed by atoms with Crippen molar-refractivity contribution in [1.82, 2.24) is 9.97 Å². The third kappa shape index (κ3) is 3.44. The van der Waals surface area contributed by atoms with E-state index in [2.05, 4.69) is 40.3 Å². The van der Waals surface area contributed by atoms with Gasteiger partial charge in [0.25, 0.3) is 0 Å². The lowest BCUT2D eigenvalue weighted by atomic mass is 9.94. The van der Waals surface area contributed by atoms with E-state index in [1.807, 2.05) is 48.8 Å². The fraction of sp³-hybridized carbons (Fsp3) is 0. The maximum absolute atomic E-state index is 6.04. The third-order valence-electron chi connectivity index (χ3n) is 4.10. The molecule has 0 unspecified atom stereocenters. The normalized spacial score (nSPS) is 10.6. The number of nitrogens with zero attached hydrogens (tertiary/aromatic N) is 2. The summed E-state index contributed by atoms with van der Waals surface area (Å²) in [5.41, 5.74) is 6.68. The van der Waals surface area contributed by atoms with Gasteiger partial charge in [0.2, 0.25) is 0 Å². The predicted molar refractivity (Wildman–Crippen MR) is 103 cm³/mol. The highest BCUT2D eigenvalue weighted by Gasteiger charge is 2.07. The van der Waals surface area contributed by atoms with Gasteiger partial charge in [0.1, 0.15) is 0 Å². The average molecular weight is 343 g/mol. The second-order valence-corrected chi connectivity index (χ2v) is 6.23. The van der Waals surface area contributed by atoms with Crippen LogP contribution in [-0.4, -0.2) is 9.97 Å². The van der Waals surface area contributed by atoms with Crippen LogP contribution in [0.25, 0.3) is 33.4 Å². The van der Waals surface area contributed by atoms with Gasteiger partial charge in [-0.25, -0.2) is 0 Å². The van der Waals surface area contributed by atoms with Crippen molar-refractivity contribution in [2.24, 2.45) is 0 Å². The number of rotatable bonds is 3. The molecule has 4 rings (SSSR count). The van der Waals surface area contributed by atoms with Crippen LogP contribution in [0.3, 0.4) is 0 Å². The summed E-state index contributed by atoms with van der Waals surface area (Å²) in [6.07, 6.45) is 7.34. The van der Waals surface area contributed by atoms with E-state index in [4.69, 9.17) is 11.6 Å². The largest absolute Gasteiger partial charge is 0.264 e. The maximum atomic E-state index is 6.04. The standard InChI is InChI=1S/C22H15ClN2/c23-22-7-5-16(6-8-22)19-11-20(17-3-1-9-24-14-17)13-21(12-19)18-4-2-10-25-15-18/h1-15H. The van der Waals surface area contributed by atoms with Crippen LogP contribution < -0.4 is 0 Å². The quantitative estimate of drug-likeness (QED) is 0.447. The van der Waals surface area contributed by atoms with E-state index in [-0.39, 0.29) is 0 Å². The molecule has 0 spiro atoms. The highest BCUT2D eigenvalue weighted by molar-refractivity contribution is 6.30. The van der Waals surface area contributed by atoms with Gasteiger partial charge in [0.15, 0.2) is 0 Å². The van der Waals surface area contributed by atoms with E-state index in [1.165, 1.54) is 0 Å². The molecule has 0 radical (unpaired) electrons. The molecule has 2 heterocycles. The Balaban J connectivity index is 1.90. The zero-order valence-electron chi connectivity index (χ0n) is 13.4. The molecule has 0 saturated carbocycles. The van der Waals surface area contributed by atoms with Gasteiger partial charge in [-0.2, -0.15) is 0 Å². The molecule has 0 bridgehead atoms. The minimum absolute atomic E-state index is 0.736. The molecule has 3 heteroatoms. The SMILES string of the molecule is Clc1ccc(-c2cc(-c3cccnc3)cc(-c3cccnc3)c2)cc1. The molecular formula is C22H15ClN2. The molecule has 0 aliphatic rings. The topological polar surface area (TPSA) is 25.8 Å². The van der Waals surface area contributed by atoms with Crippen LogP contribution in [0.15, 0.2) is 91.5 Å². The molecule has 0 N–H and O–H groups in total. The van der Waals surface area contributed by atoms with Gasteiger partial charge in [-0.3, -0.25) is 9.97 Å². The number of hydrogen-bond donors (Lipinski definition) is 0. The number of aromatic nitrogens is 2. The average Bonchev–Trinajstić information content (AvgIpc) is 2.69. The first-order chi connectivity index (χ1) is 12.3. The van der Waals surface area contributed by atoms with Gasteiger partial charge in [0, 0.05) is 40.9 Å². The van der Waals surface area contributed by atoms with Crippen LogP contribution >= 0.6 is 11.6 Å². The summed E-state index contributed by atoms with van der Waals surface area (Å²) >= 11 is 6.04. The maximum Gasteiger partial charge on any atom is 0.0406 e. The van der Waals surface area contributed by atoms with Gasteiger partial charge in [-0.15, -0.1) is 0 Å². The summed E-state index contributed by atoms with van der Waals surface area (Å²) < 4.78 is 0. The Bertz CT molecular complexity index is 924. The molecule has 0 aliphatic carbocycles. The zero-order valence-corrected chi connectivity index (χ0v) is 14.2. The van der Waals surface area contributed by atoms with E-state index in [1.54, 1.807) is 12.4 Å². The second-order valence-electron chi connectivity index (χ2n) is 5.79. The molecule has 0 fully saturated rings. The van der Waals surface area contributed by atoms with Crippen LogP contribution in [-0.2, 0) is 0 Å². The Morgan fingerprint density at radius 2 is 1.00 bits per heavy atom. The summed E-state index contributed by atoms with van der Waals surface area (Å²) in [7, 11) is 0. The van der Waals surface area contributed by atoms with Crippen LogP contribution in [0.4, 0.5) is 0 Å². The van der Waals surface area contributed by atoms with Crippen molar-refractivity contribution in [3.63, 3.8) is 0 Å². The van der Waals surface area contributed by atoms with E-state index in [0.29, 0.717) is 0 Å². The predicted octanol–water partition coefficient (Wildman–Crippen LogP) is 6.13.